The molecule has 0 spiro atoms. The number of amides is 4. The fraction of sp³-hybridized carbons (Fsp3) is 0.522. The van der Waals surface area contributed by atoms with Crippen molar-refractivity contribution in [3.63, 3.8) is 0 Å². The van der Waals surface area contributed by atoms with E-state index in [1.165, 1.54) is 30.2 Å². The molecule has 1 saturated heterocycles. The third kappa shape index (κ3) is 8.05. The molecular formula is C23H32N4O7. The quantitative estimate of drug-likeness (QED) is 0.339. The van der Waals surface area contributed by atoms with Gasteiger partial charge in [-0.1, -0.05) is 13.8 Å². The van der Waals surface area contributed by atoms with E-state index in [0.29, 0.717) is 31.6 Å². The van der Waals surface area contributed by atoms with Gasteiger partial charge in [0.25, 0.3) is 0 Å². The molecule has 0 aromatic carbocycles. The Labute approximate surface area is 197 Å². The predicted octanol–water partition coefficient (Wildman–Crippen LogP) is 0.520. The van der Waals surface area contributed by atoms with Gasteiger partial charge >= 0.3 is 5.97 Å². The van der Waals surface area contributed by atoms with E-state index in [2.05, 4.69) is 16.0 Å². The monoisotopic (exact) mass is 476 g/mol. The fourth-order valence-corrected chi connectivity index (χ4v) is 3.56. The van der Waals surface area contributed by atoms with Gasteiger partial charge in [-0.2, -0.15) is 0 Å². The van der Waals surface area contributed by atoms with E-state index in [-0.39, 0.29) is 12.5 Å². The predicted molar refractivity (Wildman–Crippen MR) is 122 cm³/mol. The number of aliphatic carboxylic acids is 1. The molecule has 1 aliphatic rings. The van der Waals surface area contributed by atoms with Crippen molar-refractivity contribution in [3.8, 4) is 0 Å². The Kier molecular flexibility index (Phi) is 9.84. The molecule has 0 radical (unpaired) electrons. The largest absolute Gasteiger partial charge is 0.480 e. The zero-order chi connectivity index (χ0) is 25.3. The van der Waals surface area contributed by atoms with E-state index in [1.54, 1.807) is 12.1 Å². The van der Waals surface area contributed by atoms with Crippen molar-refractivity contribution in [3.05, 3.63) is 30.2 Å². The van der Waals surface area contributed by atoms with Gasteiger partial charge in [-0.15, -0.1) is 0 Å². The molecule has 1 aromatic heterocycles. The molecule has 11 heteroatoms. The Morgan fingerprint density at radius 1 is 1.21 bits per heavy atom. The van der Waals surface area contributed by atoms with Crippen molar-refractivity contribution in [2.24, 2.45) is 5.92 Å². The zero-order valence-electron chi connectivity index (χ0n) is 19.6. The number of hydrogen-bond acceptors (Lipinski definition) is 6. The highest BCUT2D eigenvalue weighted by Gasteiger charge is 2.35. The maximum Gasteiger partial charge on any atom is 0.325 e. The first-order chi connectivity index (χ1) is 16.1. The highest BCUT2D eigenvalue weighted by Crippen LogP contribution is 2.17. The van der Waals surface area contributed by atoms with Gasteiger partial charge in [-0.3, -0.25) is 24.0 Å². The maximum absolute atomic E-state index is 12.7. The minimum Gasteiger partial charge on any atom is -0.480 e. The fourth-order valence-electron chi connectivity index (χ4n) is 3.56. The summed E-state index contributed by atoms with van der Waals surface area (Å²) in [5, 5.41) is 16.5. The molecule has 1 fully saturated rings. The summed E-state index contributed by atoms with van der Waals surface area (Å²) in [4.78, 5) is 62.4. The number of rotatable bonds is 11. The Hall–Kier alpha value is -3.63. The Morgan fingerprint density at radius 2 is 1.94 bits per heavy atom. The van der Waals surface area contributed by atoms with Crippen LogP contribution in [0.1, 0.15) is 45.8 Å². The molecule has 186 valence electrons. The van der Waals surface area contributed by atoms with Gasteiger partial charge in [-0.25, -0.2) is 0 Å². The minimum atomic E-state index is -1.17. The van der Waals surface area contributed by atoms with E-state index in [1.807, 2.05) is 13.8 Å². The van der Waals surface area contributed by atoms with Crippen LogP contribution in [-0.2, 0) is 24.0 Å². The molecule has 0 aliphatic carbocycles. The normalized spacial score (nSPS) is 17.4. The lowest BCUT2D eigenvalue weighted by Gasteiger charge is -2.25. The van der Waals surface area contributed by atoms with Crippen LogP contribution < -0.4 is 16.0 Å². The van der Waals surface area contributed by atoms with E-state index in [4.69, 9.17) is 9.52 Å². The highest BCUT2D eigenvalue weighted by molar-refractivity contribution is 5.96. The molecule has 34 heavy (non-hydrogen) atoms. The molecule has 1 aliphatic heterocycles. The van der Waals surface area contributed by atoms with Gasteiger partial charge in [0.15, 0.2) is 0 Å². The number of carbonyl (C=O) groups excluding carboxylic acids is 4. The van der Waals surface area contributed by atoms with Crippen LogP contribution in [-0.4, -0.2) is 70.8 Å². The van der Waals surface area contributed by atoms with Gasteiger partial charge in [0, 0.05) is 12.6 Å². The number of furan rings is 1. The molecule has 3 atom stereocenters. The van der Waals surface area contributed by atoms with Gasteiger partial charge in [0.1, 0.15) is 23.9 Å². The Balaban J connectivity index is 1.93. The molecule has 0 unspecified atom stereocenters. The van der Waals surface area contributed by atoms with Crippen LogP contribution in [0.2, 0.25) is 0 Å². The number of likely N-dealkylation sites (tertiary alicyclic amines) is 1. The number of nitrogens with one attached hydrogen (secondary N) is 3. The topological polar surface area (TPSA) is 158 Å². The van der Waals surface area contributed by atoms with Crippen molar-refractivity contribution in [1.82, 2.24) is 20.9 Å². The molecule has 4 amide bonds. The number of carbonyl (C=O) groups is 5. The van der Waals surface area contributed by atoms with Crippen LogP contribution in [0.5, 0.6) is 0 Å². The average molecular weight is 477 g/mol. The summed E-state index contributed by atoms with van der Waals surface area (Å²) in [5.74, 6) is -2.57. The number of hydrogen-bond donors (Lipinski definition) is 4. The summed E-state index contributed by atoms with van der Waals surface area (Å²) in [7, 11) is 0. The number of carboxylic acids is 1. The van der Waals surface area contributed by atoms with Crippen LogP contribution in [0.25, 0.3) is 6.08 Å². The van der Waals surface area contributed by atoms with E-state index >= 15 is 0 Å². The van der Waals surface area contributed by atoms with Crippen molar-refractivity contribution < 1.29 is 33.5 Å². The molecular weight excluding hydrogens is 444 g/mol. The van der Waals surface area contributed by atoms with Crippen LogP contribution in [0.4, 0.5) is 0 Å². The zero-order valence-corrected chi connectivity index (χ0v) is 19.6. The van der Waals surface area contributed by atoms with Crippen molar-refractivity contribution >= 4 is 35.7 Å². The van der Waals surface area contributed by atoms with E-state index in [0.717, 1.165) is 0 Å². The summed E-state index contributed by atoms with van der Waals surface area (Å²) in [6.07, 6.45) is 5.58. The summed E-state index contributed by atoms with van der Waals surface area (Å²) >= 11 is 0. The van der Waals surface area contributed by atoms with E-state index < -0.39 is 47.7 Å². The molecule has 1 aromatic rings. The van der Waals surface area contributed by atoms with Crippen LogP contribution in [0.15, 0.2) is 28.9 Å². The first-order valence-corrected chi connectivity index (χ1v) is 11.2. The smallest absolute Gasteiger partial charge is 0.325 e. The standard InChI is InChI=1S/C23H32N4O7/c1-14(2)12-17(26-19(28)9-8-16-6-5-11-34-16)21(30)24-13-20(29)27-10-4-7-18(27)22(31)25-15(3)23(32)33/h5-6,8-9,11,14-15,17-18H,4,7,10,12-13H2,1-3H3,(H,24,30)(H,25,31)(H,26,28)(H,32,33)/t15-,17-,18-/m0/s1. The molecule has 0 saturated carbocycles. The summed E-state index contributed by atoms with van der Waals surface area (Å²) in [6.45, 7) is 5.14. The van der Waals surface area contributed by atoms with E-state index in [9.17, 15) is 24.0 Å². The SMILES string of the molecule is CC(C)C[C@H](NC(=O)C=Cc1ccco1)C(=O)NCC(=O)N1CCC[C@H]1C(=O)N[C@@H](C)C(=O)O. The highest BCUT2D eigenvalue weighted by atomic mass is 16.4. The lowest BCUT2D eigenvalue weighted by Crippen LogP contribution is -2.53. The van der Waals surface area contributed by atoms with Crippen LogP contribution in [0.3, 0.4) is 0 Å². The summed E-state index contributed by atoms with van der Waals surface area (Å²) in [5.41, 5.74) is 0. The van der Waals surface area contributed by atoms with Crippen molar-refractivity contribution in [2.45, 2.75) is 58.2 Å². The average Bonchev–Trinajstić information content (AvgIpc) is 3.47. The van der Waals surface area contributed by atoms with Crippen molar-refractivity contribution in [1.29, 1.82) is 0 Å². The first-order valence-electron chi connectivity index (χ1n) is 11.2. The van der Waals surface area contributed by atoms with Gasteiger partial charge < -0.3 is 30.4 Å². The molecule has 4 N–H and O–H groups in total. The first kappa shape index (κ1) is 26.6. The van der Waals surface area contributed by atoms with Crippen molar-refractivity contribution in [2.75, 3.05) is 13.1 Å². The second kappa shape index (κ2) is 12.6. The van der Waals surface area contributed by atoms with Gasteiger partial charge in [0.05, 0.1) is 12.8 Å². The Morgan fingerprint density at radius 3 is 2.56 bits per heavy atom. The lowest BCUT2D eigenvalue weighted by molar-refractivity contribution is -0.143. The molecule has 2 rings (SSSR count). The Bertz CT molecular complexity index is 910. The molecule has 11 nitrogen and oxygen atoms in total. The van der Waals surface area contributed by atoms with Gasteiger partial charge in [-0.05, 0) is 50.3 Å². The third-order valence-electron chi connectivity index (χ3n) is 5.30. The molecule has 2 heterocycles. The second-order valence-electron chi connectivity index (χ2n) is 8.57. The lowest BCUT2D eigenvalue weighted by atomic mass is 10.0. The number of nitrogens with zero attached hydrogens (tertiary/aromatic N) is 1. The molecule has 0 bridgehead atoms. The number of carboxylic acid groups (broad SMARTS) is 1. The van der Waals surface area contributed by atoms with Gasteiger partial charge in [0.2, 0.25) is 23.6 Å². The van der Waals surface area contributed by atoms with Crippen LogP contribution >= 0.6 is 0 Å². The van der Waals surface area contributed by atoms with Crippen LogP contribution in [0, 0.1) is 5.92 Å². The summed E-state index contributed by atoms with van der Waals surface area (Å²) < 4.78 is 5.13. The third-order valence-corrected chi connectivity index (χ3v) is 5.30. The summed E-state index contributed by atoms with van der Waals surface area (Å²) in [6, 6.07) is 0.652. The maximum atomic E-state index is 12.7. The second-order valence-corrected chi connectivity index (χ2v) is 8.57. The minimum absolute atomic E-state index is 0.101.